The van der Waals surface area contributed by atoms with E-state index in [-0.39, 0.29) is 12.4 Å². The Morgan fingerprint density at radius 2 is 2.22 bits per heavy atom. The number of aryl methyl sites for hydroxylation is 2. The fourth-order valence-corrected chi connectivity index (χ4v) is 3.12. The van der Waals surface area contributed by atoms with Crippen LogP contribution in [0.4, 0.5) is 0 Å². The maximum absolute atomic E-state index is 8.81. The number of thioether (sulfide) groups is 1. The van der Waals surface area contributed by atoms with E-state index < -0.39 is 0 Å². The van der Waals surface area contributed by atoms with Crippen LogP contribution >= 0.6 is 11.8 Å². The molecule has 0 aromatic carbocycles. The van der Waals surface area contributed by atoms with E-state index in [9.17, 15) is 0 Å². The van der Waals surface area contributed by atoms with Crippen molar-refractivity contribution in [3.05, 3.63) is 22.9 Å². The van der Waals surface area contributed by atoms with E-state index in [1.807, 2.05) is 6.07 Å². The summed E-state index contributed by atoms with van der Waals surface area (Å²) >= 11 is 1.58. The third kappa shape index (κ3) is 3.03. The molecule has 4 N–H and O–H groups in total. The lowest BCUT2D eigenvalue weighted by Gasteiger charge is -2.18. The lowest BCUT2D eigenvalue weighted by molar-refractivity contribution is 0.296. The Kier molecular flexibility index (Phi) is 4.60. The largest absolute Gasteiger partial charge is 0.396 e. The van der Waals surface area contributed by atoms with Gasteiger partial charge in [0.25, 0.3) is 0 Å². The van der Waals surface area contributed by atoms with Crippen LogP contribution in [0, 0.1) is 5.41 Å². The van der Waals surface area contributed by atoms with Gasteiger partial charge in [0.2, 0.25) is 0 Å². The smallest absolute Gasteiger partial charge is 0.125 e. The summed E-state index contributed by atoms with van der Waals surface area (Å²) in [6.45, 7) is 0.188. The van der Waals surface area contributed by atoms with Crippen molar-refractivity contribution in [2.24, 2.45) is 5.73 Å². The Labute approximate surface area is 112 Å². The molecule has 1 aromatic heterocycles. The lowest BCUT2D eigenvalue weighted by atomic mass is 9.95. The number of aliphatic hydroxyl groups is 1. The molecule has 2 rings (SSSR count). The van der Waals surface area contributed by atoms with Gasteiger partial charge < -0.3 is 10.8 Å². The maximum atomic E-state index is 8.81. The summed E-state index contributed by atoms with van der Waals surface area (Å²) in [4.78, 5) is 4.67. The number of amidine groups is 1. The summed E-state index contributed by atoms with van der Waals surface area (Å²) in [6.07, 6.45) is 5.20. The van der Waals surface area contributed by atoms with Gasteiger partial charge in [0.15, 0.2) is 0 Å². The van der Waals surface area contributed by atoms with E-state index in [0.29, 0.717) is 0 Å². The third-order valence-electron chi connectivity index (χ3n) is 3.10. The molecular weight excluding hydrogens is 246 g/mol. The Balaban J connectivity index is 2.27. The standard InChI is InChI=1S/C13H19N3OS/c14-12(15)10-8-9-4-1-2-5-11(9)16-13(10)18-7-3-6-17/h8,17H,1-7H2,(H3,14,15). The van der Waals surface area contributed by atoms with Crippen LogP contribution in [0.25, 0.3) is 0 Å². The predicted octanol–water partition coefficient (Wildman–Crippen LogP) is 1.72. The fraction of sp³-hybridized carbons (Fsp3) is 0.538. The number of aromatic nitrogens is 1. The van der Waals surface area contributed by atoms with Crippen molar-refractivity contribution in [2.45, 2.75) is 37.1 Å². The molecule has 0 radical (unpaired) electrons. The van der Waals surface area contributed by atoms with Gasteiger partial charge in [-0.05, 0) is 43.7 Å². The number of nitrogens with two attached hydrogens (primary N) is 1. The summed E-state index contributed by atoms with van der Waals surface area (Å²) in [5.41, 5.74) is 8.79. The number of hydrogen-bond donors (Lipinski definition) is 3. The molecule has 0 fully saturated rings. The van der Waals surface area contributed by atoms with Gasteiger partial charge >= 0.3 is 0 Å². The first-order chi connectivity index (χ1) is 8.72. The van der Waals surface area contributed by atoms with Gasteiger partial charge in [-0.3, -0.25) is 5.41 Å². The molecular formula is C13H19N3OS. The van der Waals surface area contributed by atoms with E-state index >= 15 is 0 Å². The molecule has 0 saturated heterocycles. The van der Waals surface area contributed by atoms with Gasteiger partial charge in [0.05, 0.1) is 0 Å². The van der Waals surface area contributed by atoms with E-state index in [2.05, 4.69) is 4.98 Å². The van der Waals surface area contributed by atoms with Crippen molar-refractivity contribution in [2.75, 3.05) is 12.4 Å². The molecule has 98 valence electrons. The summed E-state index contributed by atoms with van der Waals surface area (Å²) < 4.78 is 0. The van der Waals surface area contributed by atoms with Gasteiger partial charge in [0.1, 0.15) is 10.9 Å². The summed E-state index contributed by atoms with van der Waals surface area (Å²) in [6, 6.07) is 2.03. The second-order valence-electron chi connectivity index (χ2n) is 4.49. The number of hydrogen-bond acceptors (Lipinski definition) is 4. The molecule has 0 bridgehead atoms. The third-order valence-corrected chi connectivity index (χ3v) is 4.17. The van der Waals surface area contributed by atoms with E-state index in [4.69, 9.17) is 16.2 Å². The van der Waals surface area contributed by atoms with Crippen molar-refractivity contribution in [1.29, 1.82) is 5.41 Å². The van der Waals surface area contributed by atoms with Crippen molar-refractivity contribution in [1.82, 2.24) is 4.98 Å². The Morgan fingerprint density at radius 3 is 2.94 bits per heavy atom. The number of nitrogens with one attached hydrogen (secondary N) is 1. The predicted molar refractivity (Wildman–Crippen MR) is 74.3 cm³/mol. The first kappa shape index (κ1) is 13.4. The molecule has 4 nitrogen and oxygen atoms in total. The van der Waals surface area contributed by atoms with Crippen molar-refractivity contribution in [3.63, 3.8) is 0 Å². The topological polar surface area (TPSA) is 83.0 Å². The molecule has 0 spiro atoms. The molecule has 0 amide bonds. The van der Waals surface area contributed by atoms with Gasteiger partial charge in [-0.15, -0.1) is 11.8 Å². The molecule has 5 heteroatoms. The zero-order valence-corrected chi connectivity index (χ0v) is 11.2. The second kappa shape index (κ2) is 6.20. The van der Waals surface area contributed by atoms with Crippen molar-refractivity contribution < 1.29 is 5.11 Å². The van der Waals surface area contributed by atoms with E-state index in [0.717, 1.165) is 41.3 Å². The van der Waals surface area contributed by atoms with Crippen LogP contribution in [0.2, 0.25) is 0 Å². The quantitative estimate of drug-likeness (QED) is 0.327. The number of nitrogens with zero attached hydrogens (tertiary/aromatic N) is 1. The second-order valence-corrected chi connectivity index (χ2v) is 5.58. The average Bonchev–Trinajstić information content (AvgIpc) is 2.38. The highest BCUT2D eigenvalue weighted by Crippen LogP contribution is 2.27. The minimum atomic E-state index is 0.0855. The Morgan fingerprint density at radius 1 is 1.44 bits per heavy atom. The Hall–Kier alpha value is -1.07. The van der Waals surface area contributed by atoms with Crippen LogP contribution in [-0.4, -0.2) is 28.3 Å². The fourth-order valence-electron chi connectivity index (χ4n) is 2.15. The Bertz CT molecular complexity index is 448. The van der Waals surface area contributed by atoms with Gasteiger partial charge in [-0.1, -0.05) is 0 Å². The first-order valence-electron chi connectivity index (χ1n) is 6.33. The first-order valence-corrected chi connectivity index (χ1v) is 7.31. The SMILES string of the molecule is N=C(N)c1cc2c(nc1SCCCO)CCCC2. The van der Waals surface area contributed by atoms with Crippen LogP contribution < -0.4 is 5.73 Å². The van der Waals surface area contributed by atoms with Crippen molar-refractivity contribution in [3.8, 4) is 0 Å². The van der Waals surface area contributed by atoms with Crippen LogP contribution in [0.3, 0.4) is 0 Å². The van der Waals surface area contributed by atoms with E-state index in [1.165, 1.54) is 18.4 Å². The molecule has 1 aromatic rings. The molecule has 0 atom stereocenters. The minimum absolute atomic E-state index is 0.0855. The highest BCUT2D eigenvalue weighted by atomic mass is 32.2. The van der Waals surface area contributed by atoms with Crippen LogP contribution in [0.5, 0.6) is 0 Å². The van der Waals surface area contributed by atoms with Crippen LogP contribution in [0.1, 0.15) is 36.1 Å². The maximum Gasteiger partial charge on any atom is 0.125 e. The number of nitrogen functional groups attached to an aromatic ring is 1. The summed E-state index contributed by atoms with van der Waals surface area (Å²) in [7, 11) is 0. The summed E-state index contributed by atoms with van der Waals surface area (Å²) in [5, 5.41) is 17.3. The molecule has 1 heterocycles. The zero-order valence-electron chi connectivity index (χ0n) is 10.4. The van der Waals surface area contributed by atoms with E-state index in [1.54, 1.807) is 11.8 Å². The minimum Gasteiger partial charge on any atom is -0.396 e. The van der Waals surface area contributed by atoms with Crippen LogP contribution in [0.15, 0.2) is 11.1 Å². The molecule has 0 aliphatic heterocycles. The molecule has 18 heavy (non-hydrogen) atoms. The molecule has 0 unspecified atom stereocenters. The molecule has 1 aliphatic rings. The van der Waals surface area contributed by atoms with Gasteiger partial charge in [-0.2, -0.15) is 0 Å². The average molecular weight is 265 g/mol. The van der Waals surface area contributed by atoms with Gasteiger partial charge in [0, 0.05) is 23.6 Å². The summed E-state index contributed by atoms with van der Waals surface area (Å²) in [5.74, 6) is 0.894. The van der Waals surface area contributed by atoms with Crippen molar-refractivity contribution >= 4 is 17.6 Å². The zero-order chi connectivity index (χ0) is 13.0. The van der Waals surface area contributed by atoms with Gasteiger partial charge in [-0.25, -0.2) is 4.98 Å². The monoisotopic (exact) mass is 265 g/mol. The molecule has 0 saturated carbocycles. The number of aliphatic hydroxyl groups excluding tert-OH is 1. The normalized spacial score (nSPS) is 14.3. The highest BCUT2D eigenvalue weighted by molar-refractivity contribution is 7.99. The number of fused-ring (bicyclic) bond motifs is 1. The highest BCUT2D eigenvalue weighted by Gasteiger charge is 2.16. The number of pyridine rings is 1. The number of rotatable bonds is 5. The lowest BCUT2D eigenvalue weighted by Crippen LogP contribution is -2.16. The van der Waals surface area contributed by atoms with Crippen LogP contribution in [-0.2, 0) is 12.8 Å². The molecule has 1 aliphatic carbocycles.